The fraction of sp³-hybridized carbons (Fsp3) is 0.211. The van der Waals surface area contributed by atoms with Crippen LogP contribution in [-0.2, 0) is 11.2 Å². The summed E-state index contributed by atoms with van der Waals surface area (Å²) in [5, 5.41) is 15.6. The maximum absolute atomic E-state index is 12.3. The Bertz CT molecular complexity index is 941. The minimum atomic E-state index is -0.830. The largest absolute Gasteiger partial charge is 0.481 e. The highest BCUT2D eigenvalue weighted by Crippen LogP contribution is 2.48. The number of fused-ring (bicyclic) bond motifs is 1. The van der Waals surface area contributed by atoms with E-state index in [2.05, 4.69) is 9.59 Å². The minimum Gasteiger partial charge on any atom is -0.481 e. The molecule has 7 heteroatoms. The van der Waals surface area contributed by atoms with Gasteiger partial charge in [-0.15, -0.1) is 5.10 Å². The lowest BCUT2D eigenvalue weighted by Crippen LogP contribution is -2.34. The van der Waals surface area contributed by atoms with Gasteiger partial charge in [0, 0.05) is 28.3 Å². The van der Waals surface area contributed by atoms with Gasteiger partial charge < -0.3 is 5.11 Å². The first kappa shape index (κ1) is 17.5. The summed E-state index contributed by atoms with van der Waals surface area (Å²) in [6, 6.07) is 14.7. The maximum atomic E-state index is 12.3. The maximum Gasteiger partial charge on any atom is 0.308 e. The number of nitrogens with zero attached hydrogens (tertiary/aromatic N) is 2. The zero-order valence-corrected chi connectivity index (χ0v) is 15.8. The van der Waals surface area contributed by atoms with Crippen LogP contribution in [0, 0.1) is 5.92 Å². The number of carboxylic acids is 1. The summed E-state index contributed by atoms with van der Waals surface area (Å²) in [5.74, 6) is -1.97. The van der Waals surface area contributed by atoms with E-state index in [-0.39, 0.29) is 11.8 Å². The van der Waals surface area contributed by atoms with Gasteiger partial charge in [0.2, 0.25) is 0 Å². The molecule has 4 nitrogen and oxygen atoms in total. The van der Waals surface area contributed by atoms with Crippen LogP contribution in [0.4, 0.5) is 0 Å². The molecule has 0 saturated carbocycles. The first-order chi connectivity index (χ1) is 12.5. The zero-order chi connectivity index (χ0) is 18.3. The molecule has 2 aromatic carbocycles. The summed E-state index contributed by atoms with van der Waals surface area (Å²) in [7, 11) is 0. The van der Waals surface area contributed by atoms with Crippen LogP contribution in [0.25, 0.3) is 0 Å². The highest BCUT2D eigenvalue weighted by molar-refractivity contribution is 7.05. The van der Waals surface area contributed by atoms with Crippen LogP contribution in [0.1, 0.15) is 33.5 Å². The Morgan fingerprint density at radius 2 is 1.58 bits per heavy atom. The van der Waals surface area contributed by atoms with Crippen molar-refractivity contribution in [3.63, 3.8) is 0 Å². The number of hydrogen-bond acceptors (Lipinski definition) is 4. The molecule has 3 unspecified atom stereocenters. The average molecular weight is 405 g/mol. The molecule has 26 heavy (non-hydrogen) atoms. The predicted molar refractivity (Wildman–Crippen MR) is 102 cm³/mol. The first-order valence-electron chi connectivity index (χ1n) is 8.09. The molecular formula is C19H14Cl2N2O2S. The molecule has 0 saturated heterocycles. The number of hydrogen-bond donors (Lipinski definition) is 1. The highest BCUT2D eigenvalue weighted by atomic mass is 35.5. The predicted octanol–water partition coefficient (Wildman–Crippen LogP) is 5.02. The second kappa shape index (κ2) is 6.99. The van der Waals surface area contributed by atoms with Crippen molar-refractivity contribution in [3.8, 4) is 0 Å². The van der Waals surface area contributed by atoms with Crippen molar-refractivity contribution in [1.82, 2.24) is 9.59 Å². The van der Waals surface area contributed by atoms with Gasteiger partial charge in [0.05, 0.1) is 16.5 Å². The van der Waals surface area contributed by atoms with Crippen LogP contribution in [0.5, 0.6) is 0 Å². The SMILES string of the molecule is O=C(O)C1C(c2ccc(Cl)cc2)Cc2nnsc2C1c1ccc(Cl)cc1. The van der Waals surface area contributed by atoms with E-state index in [1.54, 1.807) is 24.3 Å². The standard InChI is InChI=1S/C19H14Cl2N2O2S/c20-12-5-1-10(2-6-12)14-9-15-18(26-23-22-15)16(17(14)19(24)25)11-3-7-13(21)8-4-11/h1-8,14,16-17H,9H2,(H,24,25). The van der Waals surface area contributed by atoms with E-state index >= 15 is 0 Å². The van der Waals surface area contributed by atoms with Gasteiger partial charge in [-0.2, -0.15) is 0 Å². The molecule has 1 aliphatic carbocycles. The van der Waals surface area contributed by atoms with Gasteiger partial charge >= 0.3 is 5.97 Å². The van der Waals surface area contributed by atoms with Crippen LogP contribution in [0.2, 0.25) is 10.0 Å². The third-order valence-electron chi connectivity index (χ3n) is 4.89. The third-order valence-corrected chi connectivity index (χ3v) is 6.24. The van der Waals surface area contributed by atoms with Gasteiger partial charge in [0.25, 0.3) is 0 Å². The number of aliphatic carboxylic acids is 1. The van der Waals surface area contributed by atoms with Crippen molar-refractivity contribution < 1.29 is 9.90 Å². The van der Waals surface area contributed by atoms with Gasteiger partial charge in [-0.25, -0.2) is 0 Å². The number of carboxylic acid groups (broad SMARTS) is 1. The molecule has 0 spiro atoms. The summed E-state index contributed by atoms with van der Waals surface area (Å²) in [6.07, 6.45) is 0.550. The van der Waals surface area contributed by atoms with Crippen LogP contribution in [0.15, 0.2) is 48.5 Å². The van der Waals surface area contributed by atoms with Crippen molar-refractivity contribution in [1.29, 1.82) is 0 Å². The Kier molecular flexibility index (Phi) is 4.69. The monoisotopic (exact) mass is 404 g/mol. The Morgan fingerprint density at radius 3 is 2.15 bits per heavy atom. The first-order valence-corrected chi connectivity index (χ1v) is 9.62. The summed E-state index contributed by atoms with van der Waals surface area (Å²) >= 11 is 13.3. The zero-order valence-electron chi connectivity index (χ0n) is 13.5. The number of halogens is 2. The average Bonchev–Trinajstić information content (AvgIpc) is 3.10. The number of benzene rings is 2. The molecule has 0 bridgehead atoms. The Labute approximate surface area is 164 Å². The third kappa shape index (κ3) is 3.11. The second-order valence-corrected chi connectivity index (χ2v) is 8.00. The van der Waals surface area contributed by atoms with E-state index in [4.69, 9.17) is 23.2 Å². The van der Waals surface area contributed by atoms with Gasteiger partial charge in [0.1, 0.15) is 0 Å². The molecule has 1 heterocycles. The van der Waals surface area contributed by atoms with Crippen molar-refractivity contribution in [3.05, 3.63) is 80.3 Å². The Balaban J connectivity index is 1.86. The smallest absolute Gasteiger partial charge is 0.308 e. The van der Waals surface area contributed by atoms with E-state index in [0.717, 1.165) is 21.7 Å². The Morgan fingerprint density at radius 1 is 1.00 bits per heavy atom. The quantitative estimate of drug-likeness (QED) is 0.665. The second-order valence-electron chi connectivity index (χ2n) is 6.34. The van der Waals surface area contributed by atoms with Crippen LogP contribution in [0.3, 0.4) is 0 Å². The summed E-state index contributed by atoms with van der Waals surface area (Å²) < 4.78 is 4.08. The van der Waals surface area contributed by atoms with Crippen LogP contribution in [-0.4, -0.2) is 20.7 Å². The highest BCUT2D eigenvalue weighted by Gasteiger charge is 2.44. The number of carbonyl (C=O) groups is 1. The summed E-state index contributed by atoms with van der Waals surface area (Å²) in [6.45, 7) is 0. The lowest BCUT2D eigenvalue weighted by molar-refractivity contribution is -0.143. The molecule has 3 aromatic rings. The molecule has 0 fully saturated rings. The minimum absolute atomic E-state index is 0.207. The Hall–Kier alpha value is -1.95. The van der Waals surface area contributed by atoms with Gasteiger partial charge in [-0.05, 0) is 46.9 Å². The molecule has 1 aromatic heterocycles. The fourth-order valence-corrected chi connectivity index (χ4v) is 4.81. The molecule has 0 radical (unpaired) electrons. The van der Waals surface area contributed by atoms with E-state index in [9.17, 15) is 9.90 Å². The van der Waals surface area contributed by atoms with Crippen molar-refractivity contribution in [2.45, 2.75) is 18.3 Å². The number of rotatable bonds is 3. The fourth-order valence-electron chi connectivity index (χ4n) is 3.70. The van der Waals surface area contributed by atoms with Gasteiger partial charge in [0.15, 0.2) is 0 Å². The molecular weight excluding hydrogens is 391 g/mol. The van der Waals surface area contributed by atoms with E-state index in [1.165, 1.54) is 11.5 Å². The topological polar surface area (TPSA) is 63.1 Å². The van der Waals surface area contributed by atoms with E-state index in [0.29, 0.717) is 16.5 Å². The molecule has 3 atom stereocenters. The molecule has 0 aliphatic heterocycles. The van der Waals surface area contributed by atoms with E-state index in [1.807, 2.05) is 24.3 Å². The lowest BCUT2D eigenvalue weighted by atomic mass is 9.68. The molecule has 4 rings (SSSR count). The molecule has 132 valence electrons. The lowest BCUT2D eigenvalue weighted by Gasteiger charge is -2.35. The molecule has 1 aliphatic rings. The molecule has 1 N–H and O–H groups in total. The van der Waals surface area contributed by atoms with Gasteiger partial charge in [-0.1, -0.05) is 52.0 Å². The summed E-state index contributed by atoms with van der Waals surface area (Å²) in [4.78, 5) is 13.2. The number of aromatic nitrogens is 2. The van der Waals surface area contributed by atoms with E-state index < -0.39 is 11.9 Å². The van der Waals surface area contributed by atoms with Crippen molar-refractivity contribution in [2.75, 3.05) is 0 Å². The van der Waals surface area contributed by atoms with Crippen molar-refractivity contribution in [2.24, 2.45) is 5.92 Å². The van der Waals surface area contributed by atoms with Gasteiger partial charge in [-0.3, -0.25) is 4.79 Å². The van der Waals surface area contributed by atoms with Crippen LogP contribution >= 0.6 is 34.7 Å². The van der Waals surface area contributed by atoms with Crippen molar-refractivity contribution >= 4 is 40.7 Å². The molecule has 0 amide bonds. The summed E-state index contributed by atoms with van der Waals surface area (Å²) in [5.41, 5.74) is 2.72. The van der Waals surface area contributed by atoms with Crippen LogP contribution < -0.4 is 0 Å². The normalized spacial score (nSPS) is 22.0.